The molecule has 0 heterocycles. The van der Waals surface area contributed by atoms with Gasteiger partial charge >= 0.3 is 0 Å². The Morgan fingerprint density at radius 3 is 2.81 bits per heavy atom. The molecule has 0 spiro atoms. The number of aliphatic hydroxyl groups excluding tert-OH is 1. The molecule has 1 aromatic rings. The summed E-state index contributed by atoms with van der Waals surface area (Å²) in [4.78, 5) is 0. The van der Waals surface area contributed by atoms with Crippen LogP contribution in [0.15, 0.2) is 18.2 Å². The molecule has 1 N–H and O–H groups in total. The Bertz CT molecular complexity index is 424. The molecule has 0 aliphatic heterocycles. The number of hydrogen-bond donors (Lipinski definition) is 1. The van der Waals surface area contributed by atoms with Crippen molar-refractivity contribution >= 4 is 11.6 Å². The second-order valence-electron chi connectivity index (χ2n) is 3.93. The zero-order valence-corrected chi connectivity index (χ0v) is 9.44. The molecule has 1 saturated carbocycles. The van der Waals surface area contributed by atoms with Crippen molar-refractivity contribution in [3.8, 4) is 11.8 Å². The molecule has 0 bridgehead atoms. The van der Waals surface area contributed by atoms with Gasteiger partial charge in [0, 0.05) is 6.07 Å². The van der Waals surface area contributed by atoms with Gasteiger partial charge < -0.3 is 9.84 Å². The maximum absolute atomic E-state index is 9.16. The van der Waals surface area contributed by atoms with Crippen LogP contribution in [-0.4, -0.2) is 17.8 Å². The normalized spacial score (nSPS) is 16.6. The van der Waals surface area contributed by atoms with Crippen molar-refractivity contribution < 1.29 is 9.84 Å². The average molecular weight is 238 g/mol. The Morgan fingerprint density at radius 2 is 2.31 bits per heavy atom. The van der Waals surface area contributed by atoms with Gasteiger partial charge in [-0.25, -0.2) is 0 Å². The molecule has 1 aliphatic carbocycles. The highest BCUT2D eigenvalue weighted by Crippen LogP contribution is 2.35. The van der Waals surface area contributed by atoms with Gasteiger partial charge in [0.15, 0.2) is 0 Å². The van der Waals surface area contributed by atoms with Crippen molar-refractivity contribution in [2.24, 2.45) is 5.92 Å². The van der Waals surface area contributed by atoms with Gasteiger partial charge in [-0.05, 0) is 30.9 Å². The van der Waals surface area contributed by atoms with E-state index in [1.165, 1.54) is 0 Å². The molecule has 16 heavy (non-hydrogen) atoms. The zero-order valence-electron chi connectivity index (χ0n) is 8.69. The summed E-state index contributed by atoms with van der Waals surface area (Å²) in [5, 5.41) is 18.3. The third-order valence-corrected chi connectivity index (χ3v) is 2.99. The van der Waals surface area contributed by atoms with Crippen LogP contribution < -0.4 is 4.74 Å². The predicted octanol–water partition coefficient (Wildman–Crippen LogP) is 2.36. The van der Waals surface area contributed by atoms with Crippen molar-refractivity contribution in [2.75, 3.05) is 6.61 Å². The van der Waals surface area contributed by atoms with E-state index in [9.17, 15) is 0 Å². The number of aliphatic hydroxyl groups is 1. The molecule has 4 heteroatoms. The molecule has 1 unspecified atom stereocenters. The molecule has 1 aliphatic rings. The first kappa shape index (κ1) is 11.3. The highest BCUT2D eigenvalue weighted by Gasteiger charge is 2.32. The lowest BCUT2D eigenvalue weighted by molar-refractivity contribution is 0.0986. The van der Waals surface area contributed by atoms with Crippen LogP contribution >= 0.6 is 11.6 Å². The number of hydrogen-bond acceptors (Lipinski definition) is 3. The van der Waals surface area contributed by atoms with E-state index in [1.54, 1.807) is 18.2 Å². The third kappa shape index (κ3) is 2.46. The molecule has 0 aromatic heterocycles. The number of nitrogens with zero attached hydrogens (tertiary/aromatic N) is 1. The first-order valence-electron chi connectivity index (χ1n) is 5.21. The summed E-state index contributed by atoms with van der Waals surface area (Å²) in [6.07, 6.45) is 2.06. The van der Waals surface area contributed by atoms with Gasteiger partial charge in [0.1, 0.15) is 17.9 Å². The van der Waals surface area contributed by atoms with Crippen molar-refractivity contribution in [2.45, 2.75) is 18.9 Å². The molecule has 0 radical (unpaired) electrons. The Morgan fingerprint density at radius 1 is 1.56 bits per heavy atom. The largest absolute Gasteiger partial charge is 0.488 e. The molecular weight excluding hydrogens is 226 g/mol. The maximum atomic E-state index is 9.16. The van der Waals surface area contributed by atoms with Crippen LogP contribution in [0.3, 0.4) is 0 Å². The van der Waals surface area contributed by atoms with Crippen LogP contribution in [0.25, 0.3) is 0 Å². The highest BCUT2D eigenvalue weighted by molar-refractivity contribution is 6.31. The number of benzene rings is 1. The van der Waals surface area contributed by atoms with Crippen molar-refractivity contribution in [1.29, 1.82) is 5.26 Å². The third-order valence-electron chi connectivity index (χ3n) is 2.68. The summed E-state index contributed by atoms with van der Waals surface area (Å²) in [5.74, 6) is 1.06. The van der Waals surface area contributed by atoms with Crippen LogP contribution in [-0.2, 0) is 0 Å². The number of ether oxygens (including phenoxy) is 1. The molecule has 2 rings (SSSR count). The van der Waals surface area contributed by atoms with E-state index in [0.29, 0.717) is 22.3 Å². The predicted molar refractivity (Wildman–Crippen MR) is 60.4 cm³/mol. The summed E-state index contributed by atoms with van der Waals surface area (Å²) in [7, 11) is 0. The summed E-state index contributed by atoms with van der Waals surface area (Å²) < 4.78 is 5.62. The minimum atomic E-state index is -0.149. The fraction of sp³-hybridized carbons (Fsp3) is 0.417. The van der Waals surface area contributed by atoms with E-state index < -0.39 is 0 Å². The van der Waals surface area contributed by atoms with Crippen LogP contribution in [0.1, 0.15) is 18.4 Å². The van der Waals surface area contributed by atoms with Crippen LogP contribution in [0.2, 0.25) is 5.02 Å². The Kier molecular flexibility index (Phi) is 3.33. The quantitative estimate of drug-likeness (QED) is 0.875. The fourth-order valence-electron chi connectivity index (χ4n) is 1.59. The van der Waals surface area contributed by atoms with E-state index in [1.807, 2.05) is 6.07 Å². The topological polar surface area (TPSA) is 53.2 Å². The lowest BCUT2D eigenvalue weighted by Gasteiger charge is -2.16. The second kappa shape index (κ2) is 4.73. The van der Waals surface area contributed by atoms with Crippen molar-refractivity contribution in [3.05, 3.63) is 28.8 Å². The average Bonchev–Trinajstić information content (AvgIpc) is 3.10. The molecular formula is C12H12ClNO2. The minimum Gasteiger partial charge on any atom is -0.488 e. The number of nitriles is 1. The SMILES string of the molecule is N#Cc1ccc(OC(CO)C2CC2)cc1Cl. The smallest absolute Gasteiger partial charge is 0.124 e. The van der Waals surface area contributed by atoms with Crippen LogP contribution in [0, 0.1) is 17.2 Å². The van der Waals surface area contributed by atoms with Gasteiger partial charge in [0.2, 0.25) is 0 Å². The summed E-state index contributed by atoms with van der Waals surface area (Å²) in [6.45, 7) is 0.0162. The van der Waals surface area contributed by atoms with Gasteiger partial charge in [-0.1, -0.05) is 11.6 Å². The summed E-state index contributed by atoms with van der Waals surface area (Å²) in [5.41, 5.74) is 0.431. The number of halogens is 1. The Balaban J connectivity index is 2.09. The second-order valence-corrected chi connectivity index (χ2v) is 4.34. The fourth-order valence-corrected chi connectivity index (χ4v) is 1.80. The monoisotopic (exact) mass is 237 g/mol. The molecule has 84 valence electrons. The van der Waals surface area contributed by atoms with E-state index >= 15 is 0 Å². The lowest BCUT2D eigenvalue weighted by atomic mass is 10.2. The number of rotatable bonds is 4. The standard InChI is InChI=1S/C12H12ClNO2/c13-11-5-10(4-3-9(11)6-14)16-12(7-15)8-1-2-8/h3-5,8,12,15H,1-2,7H2. The minimum absolute atomic E-state index is 0.0162. The van der Waals surface area contributed by atoms with E-state index in [-0.39, 0.29) is 12.7 Å². The highest BCUT2D eigenvalue weighted by atomic mass is 35.5. The van der Waals surface area contributed by atoms with Crippen LogP contribution in [0.5, 0.6) is 5.75 Å². The maximum Gasteiger partial charge on any atom is 0.124 e. The summed E-state index contributed by atoms with van der Waals surface area (Å²) >= 11 is 5.89. The van der Waals surface area contributed by atoms with E-state index in [2.05, 4.69) is 0 Å². The lowest BCUT2D eigenvalue weighted by Crippen LogP contribution is -2.23. The molecule has 0 saturated heterocycles. The zero-order chi connectivity index (χ0) is 11.5. The van der Waals surface area contributed by atoms with E-state index in [0.717, 1.165) is 12.8 Å². The van der Waals surface area contributed by atoms with Gasteiger partial charge in [-0.3, -0.25) is 0 Å². The van der Waals surface area contributed by atoms with Gasteiger partial charge in [-0.2, -0.15) is 5.26 Å². The Hall–Kier alpha value is -1.24. The Labute approximate surface area is 99.2 Å². The summed E-state index contributed by atoms with van der Waals surface area (Å²) in [6, 6.07) is 6.93. The van der Waals surface area contributed by atoms with E-state index in [4.69, 9.17) is 26.7 Å². The van der Waals surface area contributed by atoms with Crippen LogP contribution in [0.4, 0.5) is 0 Å². The molecule has 1 atom stereocenters. The van der Waals surface area contributed by atoms with Crippen molar-refractivity contribution in [1.82, 2.24) is 0 Å². The first-order valence-corrected chi connectivity index (χ1v) is 5.59. The molecule has 0 amide bonds. The van der Waals surface area contributed by atoms with Crippen molar-refractivity contribution in [3.63, 3.8) is 0 Å². The van der Waals surface area contributed by atoms with Gasteiger partial charge in [0.25, 0.3) is 0 Å². The van der Waals surface area contributed by atoms with Gasteiger partial charge in [0.05, 0.1) is 17.2 Å². The molecule has 1 aromatic carbocycles. The first-order chi connectivity index (χ1) is 7.74. The molecule has 3 nitrogen and oxygen atoms in total. The molecule has 1 fully saturated rings. The van der Waals surface area contributed by atoms with Gasteiger partial charge in [-0.15, -0.1) is 0 Å².